The van der Waals surface area contributed by atoms with Crippen molar-refractivity contribution in [2.75, 3.05) is 54.2 Å². The summed E-state index contributed by atoms with van der Waals surface area (Å²) in [6.07, 6.45) is 0. The SMILES string of the molecule is CO[Si](OC)(OC)C(CSSCC(c1nc2ccccc2s1)[Si](OC)(OC)OC)c1nc2ccccc2s1. The fourth-order valence-corrected chi connectivity index (χ4v) is 16.1. The molecule has 0 aliphatic heterocycles. The van der Waals surface area contributed by atoms with Gasteiger partial charge in [-0.05, 0) is 24.3 Å². The van der Waals surface area contributed by atoms with Crippen molar-refractivity contribution >= 4 is 82.3 Å². The van der Waals surface area contributed by atoms with E-state index in [2.05, 4.69) is 12.1 Å². The molecule has 0 aliphatic carbocycles. The van der Waals surface area contributed by atoms with Crippen LogP contribution in [0.25, 0.3) is 20.4 Å². The Hall–Kier alpha value is -0.886. The molecular weight excluding hydrogens is 597 g/mol. The van der Waals surface area contributed by atoms with Crippen molar-refractivity contribution in [3.63, 3.8) is 0 Å². The molecule has 2 unspecified atom stereocenters. The quantitative estimate of drug-likeness (QED) is 0.0890. The van der Waals surface area contributed by atoms with Crippen molar-refractivity contribution < 1.29 is 26.6 Å². The van der Waals surface area contributed by atoms with Crippen molar-refractivity contribution in [1.82, 2.24) is 9.97 Å². The lowest BCUT2D eigenvalue weighted by molar-refractivity contribution is 0.114. The fraction of sp³-hybridized carbons (Fsp3) is 0.417. The van der Waals surface area contributed by atoms with E-state index in [1.54, 1.807) is 86.9 Å². The molecule has 2 aromatic carbocycles. The minimum absolute atomic E-state index is 0.132. The Bertz CT molecular complexity index is 1130. The third kappa shape index (κ3) is 6.06. The molecule has 0 fully saturated rings. The first-order chi connectivity index (χ1) is 18.5. The summed E-state index contributed by atoms with van der Waals surface area (Å²) in [5.74, 6) is 1.39. The van der Waals surface area contributed by atoms with Gasteiger partial charge in [-0.3, -0.25) is 0 Å². The molecule has 0 amide bonds. The minimum atomic E-state index is -3.03. The largest absolute Gasteiger partial charge is 0.511 e. The van der Waals surface area contributed by atoms with Crippen molar-refractivity contribution in [3.05, 3.63) is 58.5 Å². The minimum Gasteiger partial charge on any atom is -0.376 e. The number of thiazole rings is 2. The van der Waals surface area contributed by atoms with Crippen LogP contribution in [-0.4, -0.2) is 81.7 Å². The van der Waals surface area contributed by atoms with E-state index in [4.69, 9.17) is 36.5 Å². The Balaban J connectivity index is 1.57. The molecule has 14 heteroatoms. The first-order valence-electron chi connectivity index (χ1n) is 11.8. The zero-order valence-electron chi connectivity index (χ0n) is 22.2. The van der Waals surface area contributed by atoms with E-state index in [0.29, 0.717) is 11.5 Å². The third-order valence-corrected chi connectivity index (χ3v) is 18.1. The van der Waals surface area contributed by atoms with Gasteiger partial charge in [-0.15, -0.1) is 22.7 Å². The highest BCUT2D eigenvalue weighted by molar-refractivity contribution is 8.76. The van der Waals surface area contributed by atoms with Gasteiger partial charge in [0.05, 0.1) is 31.5 Å². The molecular formula is C24H32N2O6S4Si2. The Kier molecular flexibility index (Phi) is 10.8. The first-order valence-corrected chi connectivity index (χ1v) is 19.5. The standard InChI is InChI=1S/C24H32N2O6S4Si2/c1-27-37(28-2,29-3)21(23-25-17-11-7-9-13-19(17)35-23)15-33-34-16-22(38(30-4,31-5)32-6)24-26-18-12-8-10-14-20(18)36-24/h7-14,21-22H,15-16H2,1-6H3. The van der Waals surface area contributed by atoms with Gasteiger partial charge in [-0.25, -0.2) is 9.97 Å². The molecule has 4 rings (SSSR count). The predicted octanol–water partition coefficient (Wildman–Crippen LogP) is 5.99. The van der Waals surface area contributed by atoms with Gasteiger partial charge < -0.3 is 26.6 Å². The number of nitrogens with zero attached hydrogens (tertiary/aromatic N) is 2. The summed E-state index contributed by atoms with van der Waals surface area (Å²) in [7, 11) is 7.28. The summed E-state index contributed by atoms with van der Waals surface area (Å²) in [5.41, 5.74) is 1.67. The Morgan fingerprint density at radius 3 is 1.26 bits per heavy atom. The fourth-order valence-electron chi connectivity index (χ4n) is 4.31. The molecule has 8 nitrogen and oxygen atoms in total. The third-order valence-electron chi connectivity index (χ3n) is 6.33. The van der Waals surface area contributed by atoms with E-state index in [-0.39, 0.29) is 11.1 Å². The van der Waals surface area contributed by atoms with Gasteiger partial charge in [-0.2, -0.15) is 0 Å². The summed E-state index contributed by atoms with van der Waals surface area (Å²) in [4.78, 5) is 9.83. The molecule has 0 aliphatic rings. The maximum atomic E-state index is 5.91. The summed E-state index contributed by atoms with van der Waals surface area (Å²) < 4.78 is 37.7. The van der Waals surface area contributed by atoms with Crippen LogP contribution in [0.2, 0.25) is 0 Å². The zero-order chi connectivity index (χ0) is 27.2. The van der Waals surface area contributed by atoms with Crippen molar-refractivity contribution in [3.8, 4) is 0 Å². The highest BCUT2D eigenvalue weighted by Gasteiger charge is 2.51. The second-order valence-electron chi connectivity index (χ2n) is 8.15. The topological polar surface area (TPSA) is 81.2 Å². The van der Waals surface area contributed by atoms with Gasteiger partial charge in [0.1, 0.15) is 10.0 Å². The molecule has 4 aromatic rings. The van der Waals surface area contributed by atoms with E-state index in [1.807, 2.05) is 36.4 Å². The van der Waals surface area contributed by atoms with Crippen molar-refractivity contribution in [1.29, 1.82) is 0 Å². The lowest BCUT2D eigenvalue weighted by Gasteiger charge is -2.32. The number of aromatic nitrogens is 2. The molecule has 0 radical (unpaired) electrons. The molecule has 0 saturated heterocycles. The summed E-state index contributed by atoms with van der Waals surface area (Å²) >= 11 is 3.31. The lowest BCUT2D eigenvalue weighted by atomic mass is 10.3. The summed E-state index contributed by atoms with van der Waals surface area (Å²) in [5, 5.41) is 1.90. The highest BCUT2D eigenvalue weighted by Crippen LogP contribution is 2.42. The highest BCUT2D eigenvalue weighted by atomic mass is 33.1. The second kappa shape index (κ2) is 13.7. The Morgan fingerprint density at radius 2 is 0.947 bits per heavy atom. The molecule has 0 spiro atoms. The van der Waals surface area contributed by atoms with Crippen LogP contribution in [0.4, 0.5) is 0 Å². The monoisotopic (exact) mass is 628 g/mol. The first kappa shape index (κ1) is 30.1. The van der Waals surface area contributed by atoms with Gasteiger partial charge in [0.2, 0.25) is 0 Å². The number of fused-ring (bicyclic) bond motifs is 2. The molecule has 2 heterocycles. The normalized spacial score (nSPS) is 14.4. The maximum absolute atomic E-state index is 5.91. The van der Waals surface area contributed by atoms with Crippen molar-refractivity contribution in [2.24, 2.45) is 0 Å². The summed E-state index contributed by atoms with van der Waals surface area (Å²) in [6.45, 7) is 0. The second-order valence-corrected chi connectivity index (χ2v) is 19.1. The van der Waals surface area contributed by atoms with Crippen LogP contribution in [0.1, 0.15) is 21.1 Å². The Morgan fingerprint density at radius 1 is 0.605 bits per heavy atom. The Labute approximate surface area is 241 Å². The smallest absolute Gasteiger partial charge is 0.376 e. The van der Waals surface area contributed by atoms with Gasteiger partial charge in [0, 0.05) is 54.2 Å². The molecule has 0 saturated carbocycles. The van der Waals surface area contributed by atoms with Gasteiger partial charge in [0.15, 0.2) is 0 Å². The van der Waals surface area contributed by atoms with E-state index >= 15 is 0 Å². The number of rotatable bonds is 15. The van der Waals surface area contributed by atoms with Gasteiger partial charge >= 0.3 is 17.6 Å². The number of para-hydroxylation sites is 2. The van der Waals surface area contributed by atoms with E-state index in [9.17, 15) is 0 Å². The van der Waals surface area contributed by atoms with Gasteiger partial charge in [0.25, 0.3) is 0 Å². The van der Waals surface area contributed by atoms with Crippen LogP contribution in [0.5, 0.6) is 0 Å². The molecule has 2 atom stereocenters. The average molecular weight is 629 g/mol. The molecule has 0 bridgehead atoms. The average Bonchev–Trinajstić information content (AvgIpc) is 3.59. The van der Waals surface area contributed by atoms with Crippen LogP contribution in [-0.2, 0) is 26.6 Å². The number of hydrogen-bond acceptors (Lipinski definition) is 12. The number of benzene rings is 2. The maximum Gasteiger partial charge on any atom is 0.511 e. The van der Waals surface area contributed by atoms with Crippen LogP contribution < -0.4 is 0 Å². The van der Waals surface area contributed by atoms with E-state index < -0.39 is 17.6 Å². The van der Waals surface area contributed by atoms with Crippen molar-refractivity contribution in [2.45, 2.75) is 11.1 Å². The zero-order valence-corrected chi connectivity index (χ0v) is 27.4. The molecule has 2 aromatic heterocycles. The molecule has 206 valence electrons. The molecule has 38 heavy (non-hydrogen) atoms. The predicted molar refractivity (Wildman–Crippen MR) is 163 cm³/mol. The van der Waals surface area contributed by atoms with Crippen LogP contribution >= 0.6 is 44.3 Å². The number of hydrogen-bond donors (Lipinski definition) is 0. The van der Waals surface area contributed by atoms with Gasteiger partial charge in [-0.1, -0.05) is 45.9 Å². The summed E-state index contributed by atoms with van der Waals surface area (Å²) in [6, 6.07) is 16.3. The van der Waals surface area contributed by atoms with Crippen LogP contribution in [0.15, 0.2) is 48.5 Å². The van der Waals surface area contributed by atoms with E-state index in [0.717, 1.165) is 30.4 Å². The van der Waals surface area contributed by atoms with Crippen LogP contribution in [0, 0.1) is 0 Å². The lowest BCUT2D eigenvalue weighted by Crippen LogP contribution is -2.50. The van der Waals surface area contributed by atoms with Crippen LogP contribution in [0.3, 0.4) is 0 Å². The van der Waals surface area contributed by atoms with E-state index in [1.165, 1.54) is 0 Å². The molecule has 0 N–H and O–H groups in total.